The molecule has 2 aromatic rings. The van der Waals surface area contributed by atoms with Crippen molar-refractivity contribution in [3.63, 3.8) is 0 Å². The highest BCUT2D eigenvalue weighted by Gasteiger charge is 2.38. The number of methoxy groups -OCH3 is 1. The summed E-state index contributed by atoms with van der Waals surface area (Å²) in [4.78, 5) is 14.9. The number of hydrogen-bond acceptors (Lipinski definition) is 5. The van der Waals surface area contributed by atoms with E-state index in [1.54, 1.807) is 25.1 Å². The summed E-state index contributed by atoms with van der Waals surface area (Å²) in [5.41, 5.74) is 1.07. The first kappa shape index (κ1) is 21.1. The Kier molecular flexibility index (Phi) is 6.15. The maximum atomic E-state index is 13.8. The SMILES string of the molecule is COc1cc(-c2onc(N(C)C)c2C(=O)NCC2(CC(C)C)CCC2)ccc1F. The van der Waals surface area contributed by atoms with Crippen molar-refractivity contribution in [2.45, 2.75) is 39.5 Å². The lowest BCUT2D eigenvalue weighted by molar-refractivity contribution is 0.0781. The minimum absolute atomic E-state index is 0.0852. The number of nitrogens with one attached hydrogen (secondary N) is 1. The van der Waals surface area contributed by atoms with E-state index in [1.165, 1.54) is 25.7 Å². The van der Waals surface area contributed by atoms with Crippen molar-refractivity contribution in [1.82, 2.24) is 10.5 Å². The van der Waals surface area contributed by atoms with Crippen molar-refractivity contribution in [2.75, 3.05) is 32.6 Å². The van der Waals surface area contributed by atoms with Gasteiger partial charge in [-0.1, -0.05) is 25.4 Å². The number of anilines is 1. The Balaban J connectivity index is 1.89. The molecule has 0 saturated heterocycles. The molecule has 6 nitrogen and oxygen atoms in total. The molecule has 0 bridgehead atoms. The highest BCUT2D eigenvalue weighted by atomic mass is 19.1. The molecule has 0 aliphatic heterocycles. The molecular weight excluding hydrogens is 373 g/mol. The smallest absolute Gasteiger partial charge is 0.259 e. The van der Waals surface area contributed by atoms with Gasteiger partial charge in [0.2, 0.25) is 0 Å². The predicted octanol–water partition coefficient (Wildman–Crippen LogP) is 4.50. The number of benzene rings is 1. The zero-order chi connectivity index (χ0) is 21.2. The Morgan fingerprint density at radius 1 is 1.38 bits per heavy atom. The van der Waals surface area contributed by atoms with Crippen LogP contribution in [0, 0.1) is 17.2 Å². The van der Waals surface area contributed by atoms with Gasteiger partial charge in [0, 0.05) is 26.2 Å². The molecule has 1 aliphatic rings. The van der Waals surface area contributed by atoms with Crippen LogP contribution in [0.15, 0.2) is 22.7 Å². The van der Waals surface area contributed by atoms with Crippen molar-refractivity contribution >= 4 is 11.7 Å². The van der Waals surface area contributed by atoms with E-state index in [0.717, 1.165) is 19.3 Å². The maximum absolute atomic E-state index is 13.8. The number of carbonyl (C=O) groups is 1. The number of carbonyl (C=O) groups excluding carboxylic acids is 1. The fourth-order valence-corrected chi connectivity index (χ4v) is 4.14. The Morgan fingerprint density at radius 2 is 2.10 bits per heavy atom. The van der Waals surface area contributed by atoms with Crippen molar-refractivity contribution in [3.05, 3.63) is 29.6 Å². The number of aromatic nitrogens is 1. The normalized spacial score (nSPS) is 15.1. The summed E-state index contributed by atoms with van der Waals surface area (Å²) in [7, 11) is 5.00. The third kappa shape index (κ3) is 4.38. The van der Waals surface area contributed by atoms with Crippen molar-refractivity contribution in [3.8, 4) is 17.1 Å². The van der Waals surface area contributed by atoms with E-state index < -0.39 is 5.82 Å². The molecule has 1 fully saturated rings. The van der Waals surface area contributed by atoms with Crippen LogP contribution in [0.5, 0.6) is 5.75 Å². The van der Waals surface area contributed by atoms with Crippen LogP contribution in [-0.2, 0) is 0 Å². The molecule has 1 aromatic heterocycles. The number of rotatable bonds is 8. The second-order valence-electron chi connectivity index (χ2n) is 8.59. The minimum Gasteiger partial charge on any atom is -0.494 e. The lowest BCUT2D eigenvalue weighted by Gasteiger charge is -2.43. The molecule has 158 valence electrons. The van der Waals surface area contributed by atoms with Crippen molar-refractivity contribution in [1.29, 1.82) is 0 Å². The Labute approximate surface area is 171 Å². The largest absolute Gasteiger partial charge is 0.494 e. The monoisotopic (exact) mass is 403 g/mol. The van der Waals surface area contributed by atoms with E-state index in [2.05, 4.69) is 24.3 Å². The molecule has 1 aromatic carbocycles. The van der Waals surface area contributed by atoms with Gasteiger partial charge in [0.1, 0.15) is 5.56 Å². The van der Waals surface area contributed by atoms with E-state index >= 15 is 0 Å². The van der Waals surface area contributed by atoms with Crippen LogP contribution in [0.2, 0.25) is 0 Å². The van der Waals surface area contributed by atoms with Gasteiger partial charge < -0.3 is 19.5 Å². The molecule has 29 heavy (non-hydrogen) atoms. The van der Waals surface area contributed by atoms with Crippen LogP contribution in [-0.4, -0.2) is 38.8 Å². The Bertz CT molecular complexity index is 872. The van der Waals surface area contributed by atoms with Crippen LogP contribution in [0.3, 0.4) is 0 Å². The summed E-state index contributed by atoms with van der Waals surface area (Å²) >= 11 is 0. The average molecular weight is 403 g/mol. The van der Waals surface area contributed by atoms with Gasteiger partial charge in [-0.15, -0.1) is 0 Å². The zero-order valence-electron chi connectivity index (χ0n) is 17.8. The summed E-state index contributed by atoms with van der Waals surface area (Å²) in [5, 5.41) is 7.18. The standard InChI is InChI=1S/C22H30FN3O3/c1-14(2)12-22(9-6-10-22)13-24-21(27)18-19(29-25-20(18)26(3)4)15-7-8-16(23)17(11-15)28-5/h7-8,11,14H,6,9-10,12-13H2,1-5H3,(H,24,27). The molecule has 1 heterocycles. The van der Waals surface area contributed by atoms with Gasteiger partial charge in [0.25, 0.3) is 5.91 Å². The van der Waals surface area contributed by atoms with Gasteiger partial charge in [-0.2, -0.15) is 0 Å². The third-order valence-electron chi connectivity index (χ3n) is 5.62. The van der Waals surface area contributed by atoms with Crippen LogP contribution < -0.4 is 15.0 Å². The molecule has 1 aliphatic carbocycles. The van der Waals surface area contributed by atoms with Gasteiger partial charge in [-0.05, 0) is 48.8 Å². The van der Waals surface area contributed by atoms with Crippen LogP contribution >= 0.6 is 0 Å². The number of amides is 1. The predicted molar refractivity (Wildman–Crippen MR) is 111 cm³/mol. The van der Waals surface area contributed by atoms with Gasteiger partial charge >= 0.3 is 0 Å². The fraction of sp³-hybridized carbons (Fsp3) is 0.545. The molecule has 0 unspecified atom stereocenters. The molecule has 1 saturated carbocycles. The first-order valence-corrected chi connectivity index (χ1v) is 10.1. The topological polar surface area (TPSA) is 67.6 Å². The molecule has 3 rings (SSSR count). The highest BCUT2D eigenvalue weighted by Crippen LogP contribution is 2.45. The van der Waals surface area contributed by atoms with Crippen LogP contribution in [0.1, 0.15) is 49.9 Å². The van der Waals surface area contributed by atoms with Gasteiger partial charge in [-0.25, -0.2) is 4.39 Å². The second kappa shape index (κ2) is 8.43. The van der Waals surface area contributed by atoms with Crippen molar-refractivity contribution < 1.29 is 18.4 Å². The molecule has 0 spiro atoms. The van der Waals surface area contributed by atoms with E-state index in [-0.39, 0.29) is 17.1 Å². The fourth-order valence-electron chi connectivity index (χ4n) is 4.14. The highest BCUT2D eigenvalue weighted by molar-refractivity contribution is 6.04. The summed E-state index contributed by atoms with van der Waals surface area (Å²) in [6.45, 7) is 5.06. The zero-order valence-corrected chi connectivity index (χ0v) is 17.8. The summed E-state index contributed by atoms with van der Waals surface area (Å²) in [6.07, 6.45) is 4.58. The average Bonchev–Trinajstić information content (AvgIpc) is 3.09. The summed E-state index contributed by atoms with van der Waals surface area (Å²) in [6, 6.07) is 4.36. The van der Waals surface area contributed by atoms with E-state index in [1.807, 2.05) is 0 Å². The first-order valence-electron chi connectivity index (χ1n) is 10.1. The van der Waals surface area contributed by atoms with E-state index in [4.69, 9.17) is 9.26 Å². The number of nitrogens with zero attached hydrogens (tertiary/aromatic N) is 2. The Morgan fingerprint density at radius 3 is 2.66 bits per heavy atom. The molecule has 1 amide bonds. The lowest BCUT2D eigenvalue weighted by Crippen LogP contribution is -2.43. The quantitative estimate of drug-likeness (QED) is 0.703. The third-order valence-corrected chi connectivity index (χ3v) is 5.62. The molecule has 0 radical (unpaired) electrons. The molecule has 7 heteroatoms. The summed E-state index contributed by atoms with van der Waals surface area (Å²) in [5.74, 6) is 0.700. The lowest BCUT2D eigenvalue weighted by atomic mass is 9.64. The van der Waals surface area contributed by atoms with Gasteiger partial charge in [0.15, 0.2) is 23.1 Å². The van der Waals surface area contributed by atoms with E-state index in [0.29, 0.717) is 35.2 Å². The number of hydrogen-bond donors (Lipinski definition) is 1. The molecule has 1 N–H and O–H groups in total. The minimum atomic E-state index is -0.477. The molecular formula is C22H30FN3O3. The first-order chi connectivity index (χ1) is 13.8. The maximum Gasteiger partial charge on any atom is 0.259 e. The van der Waals surface area contributed by atoms with Crippen LogP contribution in [0.25, 0.3) is 11.3 Å². The Hall–Kier alpha value is -2.57. The van der Waals surface area contributed by atoms with E-state index in [9.17, 15) is 9.18 Å². The van der Waals surface area contributed by atoms with Crippen molar-refractivity contribution in [2.24, 2.45) is 11.3 Å². The summed E-state index contributed by atoms with van der Waals surface area (Å²) < 4.78 is 24.4. The number of ether oxygens (including phenoxy) is 1. The van der Waals surface area contributed by atoms with Gasteiger partial charge in [-0.3, -0.25) is 4.79 Å². The van der Waals surface area contributed by atoms with Gasteiger partial charge in [0.05, 0.1) is 7.11 Å². The second-order valence-corrected chi connectivity index (χ2v) is 8.59. The molecule has 0 atom stereocenters. The number of halogens is 1. The van der Waals surface area contributed by atoms with Crippen LogP contribution in [0.4, 0.5) is 10.2 Å².